The molecule has 0 saturated heterocycles. The number of anilines is 3. The fraction of sp³-hybridized carbons (Fsp3) is 0.154. The van der Waals surface area contributed by atoms with Gasteiger partial charge in [-0.3, -0.25) is 0 Å². The molecular weight excluding hydrogens is 607 g/mol. The molecule has 7 heteroatoms. The van der Waals surface area contributed by atoms with Crippen molar-refractivity contribution in [3.63, 3.8) is 0 Å². The van der Waals surface area contributed by atoms with Crippen molar-refractivity contribution in [2.45, 2.75) is 24.3 Å². The first-order chi connectivity index (χ1) is 22.7. The van der Waals surface area contributed by atoms with Crippen molar-refractivity contribution in [1.82, 2.24) is 0 Å². The molecule has 7 rings (SSSR count). The number of thioether (sulfide) groups is 1. The van der Waals surface area contributed by atoms with Gasteiger partial charge in [-0.15, -0.1) is 0 Å². The lowest BCUT2D eigenvalue weighted by atomic mass is 10.1. The number of aliphatic hydroxyl groups is 2. The Morgan fingerprint density at radius 3 is 2.17 bits per heavy atom. The highest BCUT2D eigenvalue weighted by Gasteiger charge is 2.28. The molecule has 2 heterocycles. The summed E-state index contributed by atoms with van der Waals surface area (Å²) in [5, 5.41) is 22.0. The Labute approximate surface area is 278 Å². The quantitative estimate of drug-likeness (QED) is 0.150. The van der Waals surface area contributed by atoms with Crippen molar-refractivity contribution in [3.05, 3.63) is 154 Å². The third-order valence-electron chi connectivity index (χ3n) is 8.30. The highest BCUT2D eigenvalue weighted by Crippen LogP contribution is 2.46. The number of rotatable bonds is 10. The maximum atomic E-state index is 9.87. The lowest BCUT2D eigenvalue weighted by Crippen LogP contribution is -2.36. The van der Waals surface area contributed by atoms with Gasteiger partial charge >= 0.3 is 0 Å². The molecule has 0 radical (unpaired) electrons. The van der Waals surface area contributed by atoms with E-state index >= 15 is 0 Å². The molecule has 2 aliphatic rings. The Kier molecular flexibility index (Phi) is 9.17. The number of benzene rings is 4. The Hall–Kier alpha value is -4.40. The Morgan fingerprint density at radius 1 is 0.739 bits per heavy atom. The average molecular weight is 643 g/mol. The van der Waals surface area contributed by atoms with Crippen LogP contribution >= 0.6 is 23.1 Å². The van der Waals surface area contributed by atoms with Gasteiger partial charge in [-0.2, -0.15) is 4.57 Å². The number of aliphatic hydroxyl groups excluding tert-OH is 2. The Bertz CT molecular complexity index is 1920. The number of allylic oxidation sites excluding steroid dienone is 5. The van der Waals surface area contributed by atoms with Crippen molar-refractivity contribution in [2.24, 2.45) is 0 Å². The standard InChI is InChI=1S/C39H36N3O2S2/c43-27-25-40-33-15-7-9-17-35(33)45-37(40)23-21-29-19-20-30(22-24-38-41(26-28-44)34-16-8-10-18-36(34)46-38)39(29)42(31-11-3-1-4-12-31)32-13-5-2-6-14-32/h1-18,21-24,43-44H,19-20,25-28H2/q+1. The van der Waals surface area contributed by atoms with Crippen LogP contribution in [0.1, 0.15) is 17.8 Å². The van der Waals surface area contributed by atoms with Crippen LogP contribution in [0.5, 0.6) is 0 Å². The molecule has 2 N–H and O–H groups in total. The minimum absolute atomic E-state index is 0.0900. The minimum atomic E-state index is 0.0900. The first-order valence-corrected chi connectivity index (χ1v) is 17.3. The summed E-state index contributed by atoms with van der Waals surface area (Å²) >= 11 is 3.50. The van der Waals surface area contributed by atoms with Crippen molar-refractivity contribution >= 4 is 56.5 Å². The summed E-state index contributed by atoms with van der Waals surface area (Å²) in [6, 6.07) is 38.0. The van der Waals surface area contributed by atoms with E-state index in [1.165, 1.54) is 26.4 Å². The molecule has 4 aromatic carbocycles. The van der Waals surface area contributed by atoms with Crippen LogP contribution in [0.3, 0.4) is 0 Å². The Balaban J connectivity index is 1.36. The molecule has 0 unspecified atom stereocenters. The van der Waals surface area contributed by atoms with Gasteiger partial charge in [0, 0.05) is 35.0 Å². The minimum Gasteiger partial charge on any atom is -0.395 e. The molecule has 0 spiro atoms. The van der Waals surface area contributed by atoms with E-state index in [1.54, 1.807) is 23.1 Å². The molecule has 0 fully saturated rings. The predicted octanol–water partition coefficient (Wildman–Crippen LogP) is 8.45. The van der Waals surface area contributed by atoms with Gasteiger partial charge in [0.2, 0.25) is 5.52 Å². The number of hydrogen-bond donors (Lipinski definition) is 2. The van der Waals surface area contributed by atoms with E-state index in [1.807, 2.05) is 0 Å². The molecule has 1 aromatic heterocycles. The fourth-order valence-corrected chi connectivity index (χ4v) is 8.43. The van der Waals surface area contributed by atoms with Crippen LogP contribution in [0.25, 0.3) is 16.3 Å². The zero-order valence-corrected chi connectivity index (χ0v) is 27.1. The average Bonchev–Trinajstić information content (AvgIpc) is 3.78. The van der Waals surface area contributed by atoms with Crippen molar-refractivity contribution < 1.29 is 14.8 Å². The zero-order valence-electron chi connectivity index (χ0n) is 25.5. The largest absolute Gasteiger partial charge is 0.395 e. The predicted molar refractivity (Wildman–Crippen MR) is 192 cm³/mol. The highest BCUT2D eigenvalue weighted by molar-refractivity contribution is 8.03. The van der Waals surface area contributed by atoms with Crippen LogP contribution in [0.2, 0.25) is 0 Å². The van der Waals surface area contributed by atoms with Crippen LogP contribution in [0, 0.1) is 0 Å². The van der Waals surface area contributed by atoms with Gasteiger partial charge in [0.05, 0.1) is 23.0 Å². The number of nitrogens with zero attached hydrogens (tertiary/aromatic N) is 3. The van der Waals surface area contributed by atoms with E-state index in [0.29, 0.717) is 13.1 Å². The number of thiazole rings is 1. The number of aromatic nitrogens is 1. The maximum Gasteiger partial charge on any atom is 0.262 e. The molecule has 46 heavy (non-hydrogen) atoms. The molecule has 1 aliphatic heterocycles. The molecular formula is C39H36N3O2S2+. The van der Waals surface area contributed by atoms with E-state index in [4.69, 9.17) is 0 Å². The van der Waals surface area contributed by atoms with Gasteiger partial charge in [-0.1, -0.05) is 89.8 Å². The summed E-state index contributed by atoms with van der Waals surface area (Å²) in [5.74, 6) is 0. The molecule has 0 atom stereocenters. The van der Waals surface area contributed by atoms with Crippen LogP contribution < -0.4 is 14.4 Å². The van der Waals surface area contributed by atoms with Gasteiger partial charge in [0.15, 0.2) is 6.54 Å². The monoisotopic (exact) mass is 642 g/mol. The van der Waals surface area contributed by atoms with E-state index in [-0.39, 0.29) is 13.2 Å². The molecule has 0 bridgehead atoms. The number of hydrogen-bond acceptors (Lipinski definition) is 6. The van der Waals surface area contributed by atoms with Gasteiger partial charge in [0.1, 0.15) is 11.3 Å². The topological polar surface area (TPSA) is 50.8 Å². The first-order valence-electron chi connectivity index (χ1n) is 15.7. The summed E-state index contributed by atoms with van der Waals surface area (Å²) in [6.45, 7) is 1.29. The van der Waals surface area contributed by atoms with Gasteiger partial charge < -0.3 is 20.0 Å². The van der Waals surface area contributed by atoms with Crippen molar-refractivity contribution in [2.75, 3.05) is 29.6 Å². The van der Waals surface area contributed by atoms with Crippen molar-refractivity contribution in [1.29, 1.82) is 0 Å². The lowest BCUT2D eigenvalue weighted by molar-refractivity contribution is -0.670. The first kappa shape index (κ1) is 30.3. The molecule has 0 amide bonds. The molecule has 230 valence electrons. The summed E-state index contributed by atoms with van der Waals surface area (Å²) in [7, 11) is 0. The molecule has 5 aromatic rings. The van der Waals surface area contributed by atoms with E-state index in [9.17, 15) is 10.2 Å². The van der Waals surface area contributed by atoms with Crippen LogP contribution in [-0.4, -0.2) is 30.0 Å². The molecule has 5 nitrogen and oxygen atoms in total. The summed E-state index contributed by atoms with van der Waals surface area (Å²) < 4.78 is 3.42. The molecule has 0 saturated carbocycles. The maximum absolute atomic E-state index is 9.87. The van der Waals surface area contributed by atoms with Gasteiger partial charge in [-0.25, -0.2) is 0 Å². The number of fused-ring (bicyclic) bond motifs is 2. The number of β-amino-alcohol motifs (C(OH)–C–C–N with tert-alkyl or cyclic N) is 1. The normalized spacial score (nSPS) is 16.4. The SMILES string of the molecule is OCCN1/C(=C/C=C2\CCC(/C=C/c3sc4ccccc4[n+]3CCO)=C2N(c2ccccc2)c2ccccc2)Sc2ccccc21. The van der Waals surface area contributed by atoms with Gasteiger partial charge in [-0.05, 0) is 78.6 Å². The second-order valence-electron chi connectivity index (χ2n) is 11.1. The summed E-state index contributed by atoms with van der Waals surface area (Å²) in [4.78, 5) is 5.80. The third-order valence-corrected chi connectivity index (χ3v) is 10.6. The highest BCUT2D eigenvalue weighted by atomic mass is 32.2. The van der Waals surface area contributed by atoms with E-state index < -0.39 is 0 Å². The Morgan fingerprint density at radius 2 is 1.43 bits per heavy atom. The van der Waals surface area contributed by atoms with Crippen LogP contribution in [0.4, 0.5) is 17.1 Å². The van der Waals surface area contributed by atoms with E-state index in [0.717, 1.165) is 45.5 Å². The van der Waals surface area contributed by atoms with Crippen molar-refractivity contribution in [3.8, 4) is 0 Å². The smallest absolute Gasteiger partial charge is 0.262 e. The number of para-hydroxylation sites is 4. The zero-order chi connectivity index (χ0) is 31.3. The summed E-state index contributed by atoms with van der Waals surface area (Å²) in [6.07, 6.45) is 10.8. The summed E-state index contributed by atoms with van der Waals surface area (Å²) in [5.41, 5.74) is 8.22. The second-order valence-corrected chi connectivity index (χ2v) is 13.3. The molecule has 1 aliphatic carbocycles. The fourth-order valence-electron chi connectivity index (χ4n) is 6.24. The van der Waals surface area contributed by atoms with Crippen LogP contribution in [0.15, 0.2) is 154 Å². The third kappa shape index (κ3) is 6.07. The lowest BCUT2D eigenvalue weighted by Gasteiger charge is -2.28. The second kappa shape index (κ2) is 13.9. The van der Waals surface area contributed by atoms with Crippen LogP contribution in [-0.2, 0) is 6.54 Å². The van der Waals surface area contributed by atoms with Gasteiger partial charge in [0.25, 0.3) is 5.01 Å². The van der Waals surface area contributed by atoms with E-state index in [2.05, 4.69) is 148 Å².